The number of alkyl halides is 2. The SMILES string of the molecule is [2H]c1c([2H])c(C([2H])([2H])N([2H])C(=O)C(F)(F)c2ccc(Cl)cc2)c([2H])c2c1C(=O)N(C1CCC(=O)NC1=O)C2. The average molecular weight is 468 g/mol. The van der Waals surface area contributed by atoms with E-state index < -0.39 is 88.8 Å². The lowest BCUT2D eigenvalue weighted by molar-refractivity contribution is -0.147. The number of fused-ring (bicyclic) bond motifs is 1. The van der Waals surface area contributed by atoms with Crippen molar-refractivity contribution in [3.8, 4) is 0 Å². The van der Waals surface area contributed by atoms with Crippen LogP contribution in [0, 0.1) is 0 Å². The van der Waals surface area contributed by atoms with Gasteiger partial charge in [-0.1, -0.05) is 35.8 Å². The Hall–Kier alpha value is -3.33. The van der Waals surface area contributed by atoms with Crippen LogP contribution in [-0.2, 0) is 33.3 Å². The van der Waals surface area contributed by atoms with Gasteiger partial charge in [-0.05, 0) is 35.7 Å². The molecule has 2 aliphatic rings. The Morgan fingerprint density at radius 3 is 2.72 bits per heavy atom. The smallest absolute Gasteiger partial charge is 0.346 e. The predicted octanol–water partition coefficient (Wildman–Crippen LogP) is 2.51. The van der Waals surface area contributed by atoms with Gasteiger partial charge in [0.2, 0.25) is 11.8 Å². The van der Waals surface area contributed by atoms with Crippen molar-refractivity contribution in [3.63, 3.8) is 0 Å². The molecule has 4 amide bonds. The lowest BCUT2D eigenvalue weighted by Crippen LogP contribution is -2.52. The van der Waals surface area contributed by atoms with E-state index in [1.807, 2.05) is 0 Å². The molecule has 10 heteroatoms. The molecule has 1 fully saturated rings. The van der Waals surface area contributed by atoms with Crippen molar-refractivity contribution in [3.05, 3.63) is 69.7 Å². The first kappa shape index (κ1) is 15.5. The van der Waals surface area contributed by atoms with Gasteiger partial charge in [-0.25, -0.2) is 0 Å². The average Bonchev–Trinajstić information content (AvgIpc) is 3.19. The van der Waals surface area contributed by atoms with Gasteiger partial charge >= 0.3 is 5.92 Å². The summed E-state index contributed by atoms with van der Waals surface area (Å²) in [5.41, 5.74) is -2.66. The van der Waals surface area contributed by atoms with E-state index in [-0.39, 0.29) is 23.4 Å². The summed E-state index contributed by atoms with van der Waals surface area (Å²) in [6.45, 7) is -3.97. The maximum Gasteiger partial charge on any atom is 0.349 e. The van der Waals surface area contributed by atoms with E-state index in [0.29, 0.717) is 0 Å². The van der Waals surface area contributed by atoms with E-state index in [2.05, 4.69) is 5.32 Å². The molecule has 0 aliphatic carbocycles. The Morgan fingerprint density at radius 2 is 2.03 bits per heavy atom. The zero-order chi connectivity index (χ0) is 28.3. The molecule has 2 aliphatic heterocycles. The van der Waals surface area contributed by atoms with Crippen molar-refractivity contribution < 1.29 is 36.2 Å². The number of amides is 4. The molecule has 0 saturated carbocycles. The molecule has 1 saturated heterocycles. The third-order valence-electron chi connectivity index (χ3n) is 5.02. The molecule has 2 N–H and O–H groups in total. The fourth-order valence-corrected chi connectivity index (χ4v) is 3.50. The quantitative estimate of drug-likeness (QED) is 0.660. The molecule has 2 aromatic carbocycles. The fourth-order valence-electron chi connectivity index (χ4n) is 3.38. The molecule has 1 atom stereocenters. The van der Waals surface area contributed by atoms with Crippen LogP contribution in [-0.4, -0.2) is 34.6 Å². The van der Waals surface area contributed by atoms with Crippen molar-refractivity contribution in [2.24, 2.45) is 0 Å². The third kappa shape index (κ3) is 4.08. The molecular weight excluding hydrogens is 444 g/mol. The number of benzene rings is 2. The van der Waals surface area contributed by atoms with Gasteiger partial charge in [0.05, 0.1) is 6.85 Å². The highest BCUT2D eigenvalue weighted by Gasteiger charge is 2.41. The van der Waals surface area contributed by atoms with Crippen molar-refractivity contribution in [2.45, 2.75) is 37.8 Å². The first-order valence-corrected chi connectivity index (χ1v) is 9.73. The van der Waals surface area contributed by atoms with E-state index >= 15 is 0 Å². The first-order chi connectivity index (χ1) is 17.6. The summed E-state index contributed by atoms with van der Waals surface area (Å²) in [4.78, 5) is 50.3. The lowest BCUT2D eigenvalue weighted by Gasteiger charge is -2.29. The zero-order valence-electron chi connectivity index (χ0n) is 22.2. The number of hydrogen-bond acceptors (Lipinski definition) is 4. The van der Waals surface area contributed by atoms with E-state index in [9.17, 15) is 28.0 Å². The van der Waals surface area contributed by atoms with Crippen LogP contribution in [0.25, 0.3) is 0 Å². The van der Waals surface area contributed by atoms with Crippen LogP contribution in [0.3, 0.4) is 0 Å². The van der Waals surface area contributed by atoms with Crippen molar-refractivity contribution >= 4 is 35.2 Å². The molecule has 166 valence electrons. The summed E-state index contributed by atoms with van der Waals surface area (Å²) in [7, 11) is 0. The van der Waals surface area contributed by atoms with Gasteiger partial charge in [0, 0.05) is 35.6 Å². The Bertz CT molecular complexity index is 1390. The lowest BCUT2D eigenvalue weighted by atomic mass is 10.0. The molecule has 2 aromatic rings. The number of imide groups is 1. The van der Waals surface area contributed by atoms with Crippen LogP contribution in [0.1, 0.15) is 46.7 Å². The van der Waals surface area contributed by atoms with Gasteiger partial charge in [-0.3, -0.25) is 24.5 Å². The second-order valence-electron chi connectivity index (χ2n) is 7.11. The molecule has 7 nitrogen and oxygen atoms in total. The van der Waals surface area contributed by atoms with Gasteiger partial charge in [0.1, 0.15) is 6.04 Å². The maximum absolute atomic E-state index is 14.9. The molecule has 0 spiro atoms. The highest BCUT2D eigenvalue weighted by atomic mass is 35.5. The first-order valence-electron chi connectivity index (χ1n) is 12.3. The summed E-state index contributed by atoms with van der Waals surface area (Å²) < 4.78 is 79.2. The molecule has 0 bridgehead atoms. The van der Waals surface area contributed by atoms with Crippen LogP contribution in [0.15, 0.2) is 42.4 Å². The molecule has 0 aromatic heterocycles. The predicted molar refractivity (Wildman–Crippen MR) is 110 cm³/mol. The summed E-state index contributed by atoms with van der Waals surface area (Å²) in [6.07, 6.45) is -0.117. The second-order valence-corrected chi connectivity index (χ2v) is 7.55. The monoisotopic (exact) mass is 467 g/mol. The van der Waals surface area contributed by atoms with Crippen molar-refractivity contribution in [2.75, 3.05) is 0 Å². The number of nitrogens with zero attached hydrogens (tertiary/aromatic N) is 1. The zero-order valence-corrected chi connectivity index (χ0v) is 16.9. The van der Waals surface area contributed by atoms with Crippen LogP contribution < -0.4 is 10.6 Å². The maximum atomic E-state index is 14.9. The van der Waals surface area contributed by atoms with Crippen molar-refractivity contribution in [1.82, 2.24) is 15.5 Å². The van der Waals surface area contributed by atoms with E-state index in [4.69, 9.17) is 19.9 Å². The Kier molecular flexibility index (Phi) is 4.02. The number of nitrogens with one attached hydrogen (secondary N) is 2. The molecule has 0 radical (unpaired) electrons. The number of halogens is 3. The van der Waals surface area contributed by atoms with Gasteiger partial charge < -0.3 is 10.2 Å². The van der Waals surface area contributed by atoms with Crippen LogP contribution in [0.4, 0.5) is 8.78 Å². The van der Waals surface area contributed by atoms with E-state index in [0.717, 1.165) is 29.2 Å². The highest BCUT2D eigenvalue weighted by Crippen LogP contribution is 2.30. The van der Waals surface area contributed by atoms with E-state index in [1.54, 1.807) is 0 Å². The Labute approximate surface area is 195 Å². The van der Waals surface area contributed by atoms with Gasteiger partial charge in [0.15, 0.2) is 1.41 Å². The summed E-state index contributed by atoms with van der Waals surface area (Å²) in [6, 6.07) is -0.116. The minimum absolute atomic E-state index is 0.0404. The second kappa shape index (κ2) is 8.31. The fraction of sp³-hybridized carbons (Fsp3) is 0.273. The number of carbonyl (C=O) groups is 4. The Morgan fingerprint density at radius 1 is 1.31 bits per heavy atom. The molecule has 4 rings (SSSR count). The minimum atomic E-state index is -4.39. The number of carbonyl (C=O) groups excluding carboxylic acids is 4. The number of piperidine rings is 1. The summed E-state index contributed by atoms with van der Waals surface area (Å²) in [5.74, 6) is -8.92. The Balaban J connectivity index is 1.73. The molecule has 1 unspecified atom stereocenters. The topological polar surface area (TPSA) is 95.6 Å². The standard InChI is InChI=1S/C22H18ClF2N3O4/c23-15-4-2-14(3-5-15)22(24,25)21(32)26-10-12-1-6-16-13(9-12)11-28(20(16)31)17-7-8-18(29)27-19(17)30/h1-6,9,17H,7-8,10-11H2,(H,26,32)(H,27,29,30)/i1D,6D,9D,10D2/hD. The van der Waals surface area contributed by atoms with Gasteiger partial charge in [-0.15, -0.1) is 0 Å². The normalized spacial score (nSPS) is 21.5. The van der Waals surface area contributed by atoms with Crippen LogP contribution in [0.5, 0.6) is 0 Å². The molecular formula is C22H18ClF2N3O4. The third-order valence-corrected chi connectivity index (χ3v) is 5.28. The molecule has 32 heavy (non-hydrogen) atoms. The summed E-state index contributed by atoms with van der Waals surface area (Å²) >= 11 is 5.68. The molecule has 2 heterocycles. The largest absolute Gasteiger partial charge is 0.349 e. The summed E-state index contributed by atoms with van der Waals surface area (Å²) in [5, 5.41) is 1.47. The van der Waals surface area contributed by atoms with Gasteiger partial charge in [0.25, 0.3) is 11.8 Å². The minimum Gasteiger partial charge on any atom is -0.346 e. The number of rotatable bonds is 5. The van der Waals surface area contributed by atoms with Crippen molar-refractivity contribution in [1.29, 1.82) is 0 Å². The van der Waals surface area contributed by atoms with Crippen LogP contribution in [0.2, 0.25) is 6.43 Å². The van der Waals surface area contributed by atoms with E-state index in [1.165, 1.54) is 0 Å². The van der Waals surface area contributed by atoms with Crippen LogP contribution >= 0.6 is 11.6 Å². The highest BCUT2D eigenvalue weighted by molar-refractivity contribution is 6.30. The van der Waals surface area contributed by atoms with Gasteiger partial charge in [-0.2, -0.15) is 8.78 Å². The number of hydrogen-bond donors (Lipinski definition) is 2.